The lowest BCUT2D eigenvalue weighted by atomic mass is 10.2. The highest BCUT2D eigenvalue weighted by molar-refractivity contribution is 8.00. The van der Waals surface area contributed by atoms with Gasteiger partial charge in [0.15, 0.2) is 0 Å². The number of sulfonamides is 1. The summed E-state index contributed by atoms with van der Waals surface area (Å²) < 4.78 is 32.4. The smallest absolute Gasteiger partial charge is 0.240 e. The first-order valence-electron chi connectivity index (χ1n) is 7.07. The zero-order chi connectivity index (χ0) is 15.1. The van der Waals surface area contributed by atoms with Crippen molar-refractivity contribution in [1.82, 2.24) is 4.72 Å². The second-order valence-electron chi connectivity index (χ2n) is 4.88. The third-order valence-electron chi connectivity index (χ3n) is 3.23. The van der Waals surface area contributed by atoms with Crippen LogP contribution in [0.1, 0.15) is 19.3 Å². The van der Waals surface area contributed by atoms with Gasteiger partial charge in [0, 0.05) is 24.8 Å². The van der Waals surface area contributed by atoms with Gasteiger partial charge in [0.2, 0.25) is 10.0 Å². The zero-order valence-electron chi connectivity index (χ0n) is 11.8. The van der Waals surface area contributed by atoms with Crippen molar-refractivity contribution in [3.63, 3.8) is 0 Å². The van der Waals surface area contributed by atoms with E-state index in [-0.39, 0.29) is 11.5 Å². The quantitative estimate of drug-likeness (QED) is 0.708. The van der Waals surface area contributed by atoms with E-state index in [1.165, 1.54) is 0 Å². The van der Waals surface area contributed by atoms with Crippen LogP contribution in [0, 0.1) is 0 Å². The Balaban J connectivity index is 1.89. The van der Waals surface area contributed by atoms with Gasteiger partial charge in [-0.05, 0) is 42.9 Å². The lowest BCUT2D eigenvalue weighted by molar-refractivity contribution is 0.233. The fourth-order valence-corrected chi connectivity index (χ4v) is 4.45. The molecule has 0 aromatic heterocycles. The molecule has 0 radical (unpaired) electrons. The molecule has 21 heavy (non-hydrogen) atoms. The average Bonchev–Trinajstić information content (AvgIpc) is 3.00. The standard InChI is InChI=1S/C14H21NO4S2/c16-8-2-9-19-12-4-6-14(7-5-12)21(17,18)15-11-13-3-1-10-20-13/h4-7,13,15-16H,1-3,8-11H2. The number of benzene rings is 1. The average molecular weight is 331 g/mol. The van der Waals surface area contributed by atoms with Crippen LogP contribution < -0.4 is 9.46 Å². The van der Waals surface area contributed by atoms with Gasteiger partial charge in [-0.3, -0.25) is 0 Å². The van der Waals surface area contributed by atoms with E-state index in [4.69, 9.17) is 9.84 Å². The van der Waals surface area contributed by atoms with Crippen LogP contribution in [-0.4, -0.2) is 44.3 Å². The van der Waals surface area contributed by atoms with E-state index >= 15 is 0 Å². The SMILES string of the molecule is O=S(=O)(NCC1CCCS1)c1ccc(OCCCO)cc1. The van der Waals surface area contributed by atoms with E-state index in [0.717, 1.165) is 18.6 Å². The first kappa shape index (κ1) is 16.6. The summed E-state index contributed by atoms with van der Waals surface area (Å²) in [5.41, 5.74) is 0. The summed E-state index contributed by atoms with van der Waals surface area (Å²) in [6.45, 7) is 0.983. The molecular weight excluding hydrogens is 310 g/mol. The van der Waals surface area contributed by atoms with E-state index < -0.39 is 10.0 Å². The first-order valence-corrected chi connectivity index (χ1v) is 9.60. The fraction of sp³-hybridized carbons (Fsp3) is 0.571. The number of nitrogens with one attached hydrogen (secondary N) is 1. The second kappa shape index (κ2) is 8.03. The van der Waals surface area contributed by atoms with Gasteiger partial charge < -0.3 is 9.84 Å². The zero-order valence-corrected chi connectivity index (χ0v) is 13.5. The number of hydrogen-bond donors (Lipinski definition) is 2. The number of hydrogen-bond acceptors (Lipinski definition) is 5. The third kappa shape index (κ3) is 5.18. The highest BCUT2D eigenvalue weighted by atomic mass is 32.2. The van der Waals surface area contributed by atoms with Crippen LogP contribution in [0.2, 0.25) is 0 Å². The molecule has 1 aromatic rings. The van der Waals surface area contributed by atoms with Crippen LogP contribution in [0.15, 0.2) is 29.2 Å². The van der Waals surface area contributed by atoms with Crippen LogP contribution in [0.3, 0.4) is 0 Å². The molecule has 5 nitrogen and oxygen atoms in total. The van der Waals surface area contributed by atoms with Gasteiger partial charge in [0.25, 0.3) is 0 Å². The molecule has 0 saturated carbocycles. The molecule has 0 aliphatic carbocycles. The molecule has 7 heteroatoms. The van der Waals surface area contributed by atoms with Crippen molar-refractivity contribution in [3.05, 3.63) is 24.3 Å². The summed E-state index contributed by atoms with van der Waals surface area (Å²) in [4.78, 5) is 0.250. The van der Waals surface area contributed by atoms with Crippen LogP contribution >= 0.6 is 11.8 Å². The van der Waals surface area contributed by atoms with Crippen LogP contribution in [0.5, 0.6) is 5.75 Å². The molecular formula is C14H21NO4S2. The minimum absolute atomic E-state index is 0.0789. The molecule has 1 atom stereocenters. The minimum atomic E-state index is -3.45. The summed E-state index contributed by atoms with van der Waals surface area (Å²) in [5.74, 6) is 1.72. The topological polar surface area (TPSA) is 75.6 Å². The van der Waals surface area contributed by atoms with Gasteiger partial charge in [-0.1, -0.05) is 0 Å². The second-order valence-corrected chi connectivity index (χ2v) is 8.06. The molecule has 1 fully saturated rings. The Kier molecular flexibility index (Phi) is 6.35. The van der Waals surface area contributed by atoms with Gasteiger partial charge in [0.1, 0.15) is 5.75 Å². The summed E-state index contributed by atoms with van der Waals surface area (Å²) in [6.07, 6.45) is 2.79. The number of ether oxygens (including phenoxy) is 1. The summed E-state index contributed by atoms with van der Waals surface area (Å²) in [6, 6.07) is 6.35. The van der Waals surface area contributed by atoms with E-state index in [0.29, 0.717) is 30.6 Å². The molecule has 0 amide bonds. The van der Waals surface area contributed by atoms with E-state index in [2.05, 4.69) is 4.72 Å². The lowest BCUT2D eigenvalue weighted by Crippen LogP contribution is -2.29. The monoisotopic (exact) mass is 331 g/mol. The molecule has 1 heterocycles. The molecule has 1 aromatic carbocycles. The van der Waals surface area contributed by atoms with Gasteiger partial charge in [-0.25, -0.2) is 13.1 Å². The fourth-order valence-electron chi connectivity index (χ4n) is 2.06. The largest absolute Gasteiger partial charge is 0.494 e. The summed E-state index contributed by atoms with van der Waals surface area (Å²) in [7, 11) is -3.45. The maximum absolute atomic E-state index is 12.2. The normalized spacial score (nSPS) is 18.8. The Morgan fingerprint density at radius 3 is 2.71 bits per heavy atom. The molecule has 2 N–H and O–H groups in total. The number of aliphatic hydroxyl groups is 1. The first-order chi connectivity index (χ1) is 10.1. The Bertz CT molecular complexity index is 524. The van der Waals surface area contributed by atoms with Crippen molar-refractivity contribution in [2.24, 2.45) is 0 Å². The van der Waals surface area contributed by atoms with Crippen molar-refractivity contribution < 1.29 is 18.3 Å². The molecule has 118 valence electrons. The van der Waals surface area contributed by atoms with Crippen molar-refractivity contribution >= 4 is 21.8 Å². The van der Waals surface area contributed by atoms with Gasteiger partial charge in [-0.15, -0.1) is 0 Å². The van der Waals surface area contributed by atoms with Crippen LogP contribution in [0.25, 0.3) is 0 Å². The maximum Gasteiger partial charge on any atom is 0.240 e. The Morgan fingerprint density at radius 2 is 2.10 bits per heavy atom. The minimum Gasteiger partial charge on any atom is -0.494 e. The highest BCUT2D eigenvalue weighted by Crippen LogP contribution is 2.25. The molecule has 2 rings (SSSR count). The summed E-state index contributed by atoms with van der Waals surface area (Å²) in [5, 5.41) is 9.06. The third-order valence-corrected chi connectivity index (χ3v) is 6.07. The van der Waals surface area contributed by atoms with Crippen LogP contribution in [-0.2, 0) is 10.0 Å². The predicted molar refractivity (Wildman–Crippen MR) is 84.3 cm³/mol. The van der Waals surface area contributed by atoms with Crippen molar-refractivity contribution in [1.29, 1.82) is 0 Å². The van der Waals surface area contributed by atoms with Crippen molar-refractivity contribution in [3.8, 4) is 5.75 Å². The van der Waals surface area contributed by atoms with Crippen molar-refractivity contribution in [2.45, 2.75) is 29.4 Å². The van der Waals surface area contributed by atoms with E-state index in [9.17, 15) is 8.42 Å². The maximum atomic E-state index is 12.2. The molecule has 0 bridgehead atoms. The van der Waals surface area contributed by atoms with Gasteiger partial charge >= 0.3 is 0 Å². The Morgan fingerprint density at radius 1 is 1.33 bits per heavy atom. The van der Waals surface area contributed by atoms with Gasteiger partial charge in [0.05, 0.1) is 11.5 Å². The summed E-state index contributed by atoms with van der Waals surface area (Å²) >= 11 is 1.82. The molecule has 1 aliphatic heterocycles. The highest BCUT2D eigenvalue weighted by Gasteiger charge is 2.20. The Labute approximate surface area is 130 Å². The van der Waals surface area contributed by atoms with Gasteiger partial charge in [-0.2, -0.15) is 11.8 Å². The van der Waals surface area contributed by atoms with E-state index in [1.807, 2.05) is 11.8 Å². The molecule has 1 saturated heterocycles. The molecule has 0 spiro atoms. The molecule has 1 unspecified atom stereocenters. The number of thioether (sulfide) groups is 1. The molecule has 1 aliphatic rings. The van der Waals surface area contributed by atoms with E-state index in [1.54, 1.807) is 24.3 Å². The van der Waals surface area contributed by atoms with Crippen molar-refractivity contribution in [2.75, 3.05) is 25.5 Å². The predicted octanol–water partition coefficient (Wildman–Crippen LogP) is 1.62. The number of aliphatic hydroxyl groups excluding tert-OH is 1. The van der Waals surface area contributed by atoms with Crippen LogP contribution in [0.4, 0.5) is 0 Å². The lowest BCUT2D eigenvalue weighted by Gasteiger charge is -2.11. The number of rotatable bonds is 8. The Hall–Kier alpha value is -0.760.